The van der Waals surface area contributed by atoms with Gasteiger partial charge in [0.15, 0.2) is 0 Å². The third-order valence-corrected chi connectivity index (χ3v) is 3.27. The van der Waals surface area contributed by atoms with Gasteiger partial charge in [-0.2, -0.15) is 0 Å². The molecule has 1 aliphatic rings. The van der Waals surface area contributed by atoms with E-state index in [0.29, 0.717) is 18.7 Å². The summed E-state index contributed by atoms with van der Waals surface area (Å²) >= 11 is 0. The van der Waals surface area contributed by atoms with Crippen molar-refractivity contribution in [3.05, 3.63) is 0 Å². The third kappa shape index (κ3) is 3.56. The monoisotopic (exact) mass is 200 g/mol. The maximum absolute atomic E-state index is 8.65. The maximum atomic E-state index is 8.65. The molecule has 0 bridgehead atoms. The summed E-state index contributed by atoms with van der Waals surface area (Å²) in [6, 6.07) is 0.988. The number of unbranched alkanes of at least 4 members (excludes halogenated alkanes) is 2. The van der Waals surface area contributed by atoms with Crippen molar-refractivity contribution >= 4 is 0 Å². The maximum Gasteiger partial charge on any atom is 0.0431 e. The van der Waals surface area contributed by atoms with Crippen LogP contribution in [0.2, 0.25) is 0 Å². The Balaban J connectivity index is 2.11. The molecule has 0 amide bonds. The average Bonchev–Trinajstić information content (AvgIpc) is 2.59. The number of nitrogens with two attached hydrogens (primary N) is 1. The van der Waals surface area contributed by atoms with Crippen LogP contribution < -0.4 is 5.73 Å². The van der Waals surface area contributed by atoms with Gasteiger partial charge < -0.3 is 15.7 Å². The highest BCUT2D eigenvalue weighted by atomic mass is 16.2. The van der Waals surface area contributed by atoms with Crippen molar-refractivity contribution < 1.29 is 5.11 Å². The Labute approximate surface area is 87.3 Å². The molecule has 0 saturated heterocycles. The minimum absolute atomic E-state index is 0.326. The number of nitrogens with zero attached hydrogens (tertiary/aromatic N) is 1. The first kappa shape index (κ1) is 12.0. The van der Waals surface area contributed by atoms with Crippen LogP contribution in [0.3, 0.4) is 0 Å². The Hall–Kier alpha value is -0.120. The normalized spacial score (nSPS) is 27.4. The molecule has 0 aromatic heterocycles. The van der Waals surface area contributed by atoms with E-state index in [2.05, 4.69) is 11.9 Å². The van der Waals surface area contributed by atoms with Crippen molar-refractivity contribution in [1.29, 1.82) is 0 Å². The van der Waals surface area contributed by atoms with E-state index in [1.807, 2.05) is 0 Å². The van der Waals surface area contributed by atoms with E-state index in [4.69, 9.17) is 10.8 Å². The molecule has 3 nitrogen and oxygen atoms in total. The minimum atomic E-state index is 0.326. The Morgan fingerprint density at radius 1 is 1.29 bits per heavy atom. The van der Waals surface area contributed by atoms with Crippen molar-refractivity contribution in [1.82, 2.24) is 4.90 Å². The highest BCUT2D eigenvalue weighted by Gasteiger charge is 2.26. The second-order valence-electron chi connectivity index (χ2n) is 4.43. The Bertz CT molecular complexity index is 152. The molecule has 1 rings (SSSR count). The number of aliphatic hydroxyl groups excluding tert-OH is 1. The first-order valence-electron chi connectivity index (χ1n) is 5.82. The molecule has 3 heteroatoms. The molecular formula is C11H24N2O. The van der Waals surface area contributed by atoms with Gasteiger partial charge >= 0.3 is 0 Å². The fraction of sp³-hybridized carbons (Fsp3) is 1.00. The molecular weight excluding hydrogens is 176 g/mol. The van der Waals surface area contributed by atoms with Gasteiger partial charge in [0.1, 0.15) is 0 Å². The summed E-state index contributed by atoms with van der Waals surface area (Å²) in [5.41, 5.74) is 6.03. The summed E-state index contributed by atoms with van der Waals surface area (Å²) < 4.78 is 0. The molecule has 14 heavy (non-hydrogen) atoms. The second kappa shape index (κ2) is 6.38. The van der Waals surface area contributed by atoms with E-state index in [1.165, 1.54) is 25.7 Å². The molecule has 2 atom stereocenters. The first-order chi connectivity index (χ1) is 6.75. The zero-order valence-corrected chi connectivity index (χ0v) is 9.28. The fourth-order valence-electron chi connectivity index (χ4n) is 2.33. The largest absolute Gasteiger partial charge is 0.396 e. The lowest BCUT2D eigenvalue weighted by Crippen LogP contribution is -2.42. The van der Waals surface area contributed by atoms with Gasteiger partial charge in [0.25, 0.3) is 0 Å². The Kier molecular flexibility index (Phi) is 5.45. The summed E-state index contributed by atoms with van der Waals surface area (Å²) in [6.07, 6.45) is 6.98. The summed E-state index contributed by atoms with van der Waals surface area (Å²) in [4.78, 5) is 2.40. The number of aliphatic hydroxyl groups is 1. The topological polar surface area (TPSA) is 49.5 Å². The predicted octanol–water partition coefficient (Wildman–Crippen LogP) is 0.961. The van der Waals surface area contributed by atoms with Crippen LogP contribution in [-0.4, -0.2) is 42.3 Å². The van der Waals surface area contributed by atoms with Gasteiger partial charge in [-0.3, -0.25) is 0 Å². The lowest BCUT2D eigenvalue weighted by molar-refractivity contribution is 0.219. The van der Waals surface area contributed by atoms with E-state index in [0.717, 1.165) is 19.4 Å². The van der Waals surface area contributed by atoms with Crippen molar-refractivity contribution in [2.45, 2.75) is 50.6 Å². The lowest BCUT2D eigenvalue weighted by atomic mass is 10.1. The van der Waals surface area contributed by atoms with Crippen molar-refractivity contribution in [2.24, 2.45) is 5.73 Å². The van der Waals surface area contributed by atoms with E-state index in [-0.39, 0.29) is 0 Å². The van der Waals surface area contributed by atoms with Gasteiger partial charge in [0, 0.05) is 18.7 Å². The highest BCUT2D eigenvalue weighted by Crippen LogP contribution is 2.21. The van der Waals surface area contributed by atoms with Gasteiger partial charge in [-0.15, -0.1) is 0 Å². The SMILES string of the molecule is CN(CCCCCO)C1CCCC1N. The molecule has 1 fully saturated rings. The number of rotatable bonds is 6. The lowest BCUT2D eigenvalue weighted by Gasteiger charge is -2.27. The second-order valence-corrected chi connectivity index (χ2v) is 4.43. The third-order valence-electron chi connectivity index (χ3n) is 3.27. The standard InChI is InChI=1S/C11H24N2O/c1-13(8-3-2-4-9-14)11-7-5-6-10(11)12/h10-11,14H,2-9,12H2,1H3. The van der Waals surface area contributed by atoms with Crippen molar-refractivity contribution in [3.8, 4) is 0 Å². The van der Waals surface area contributed by atoms with Crippen LogP contribution in [0.4, 0.5) is 0 Å². The molecule has 0 spiro atoms. The molecule has 0 heterocycles. The van der Waals surface area contributed by atoms with E-state index < -0.39 is 0 Å². The van der Waals surface area contributed by atoms with Crippen LogP contribution in [-0.2, 0) is 0 Å². The molecule has 1 saturated carbocycles. The minimum Gasteiger partial charge on any atom is -0.396 e. The van der Waals surface area contributed by atoms with Crippen LogP contribution in [0.5, 0.6) is 0 Å². The average molecular weight is 200 g/mol. The molecule has 2 unspecified atom stereocenters. The van der Waals surface area contributed by atoms with Crippen molar-refractivity contribution in [3.63, 3.8) is 0 Å². The van der Waals surface area contributed by atoms with Crippen LogP contribution in [0.15, 0.2) is 0 Å². The van der Waals surface area contributed by atoms with Crippen molar-refractivity contribution in [2.75, 3.05) is 20.2 Å². The van der Waals surface area contributed by atoms with Gasteiger partial charge in [0.05, 0.1) is 0 Å². The van der Waals surface area contributed by atoms with E-state index in [1.54, 1.807) is 0 Å². The highest BCUT2D eigenvalue weighted by molar-refractivity contribution is 4.86. The van der Waals surface area contributed by atoms with E-state index in [9.17, 15) is 0 Å². The predicted molar refractivity (Wildman–Crippen MR) is 59.2 cm³/mol. The quantitative estimate of drug-likeness (QED) is 0.628. The molecule has 0 aromatic rings. The van der Waals surface area contributed by atoms with Crippen LogP contribution in [0.25, 0.3) is 0 Å². The number of hydrogen-bond acceptors (Lipinski definition) is 3. The van der Waals surface area contributed by atoms with Crippen LogP contribution >= 0.6 is 0 Å². The molecule has 0 aliphatic heterocycles. The Morgan fingerprint density at radius 2 is 2.07 bits per heavy atom. The molecule has 84 valence electrons. The zero-order valence-electron chi connectivity index (χ0n) is 9.28. The van der Waals surface area contributed by atoms with Crippen LogP contribution in [0, 0.1) is 0 Å². The summed E-state index contributed by atoms with van der Waals surface area (Å²) in [5.74, 6) is 0. The summed E-state index contributed by atoms with van der Waals surface area (Å²) in [5, 5.41) is 8.65. The Morgan fingerprint density at radius 3 is 2.64 bits per heavy atom. The number of hydrogen-bond donors (Lipinski definition) is 2. The molecule has 3 N–H and O–H groups in total. The van der Waals surface area contributed by atoms with Crippen LogP contribution in [0.1, 0.15) is 38.5 Å². The van der Waals surface area contributed by atoms with Gasteiger partial charge in [-0.25, -0.2) is 0 Å². The van der Waals surface area contributed by atoms with Gasteiger partial charge in [0.2, 0.25) is 0 Å². The van der Waals surface area contributed by atoms with Gasteiger partial charge in [-0.1, -0.05) is 6.42 Å². The molecule has 1 aliphatic carbocycles. The molecule has 0 aromatic carbocycles. The van der Waals surface area contributed by atoms with E-state index >= 15 is 0 Å². The summed E-state index contributed by atoms with van der Waals surface area (Å²) in [6.45, 7) is 1.45. The first-order valence-corrected chi connectivity index (χ1v) is 5.82. The van der Waals surface area contributed by atoms with Gasteiger partial charge in [-0.05, 0) is 45.7 Å². The smallest absolute Gasteiger partial charge is 0.0431 e. The molecule has 0 radical (unpaired) electrons. The number of likely N-dealkylation sites (N-methyl/N-ethyl adjacent to an activating group) is 1. The summed E-state index contributed by atoms with van der Waals surface area (Å²) in [7, 11) is 2.18. The fourth-order valence-corrected chi connectivity index (χ4v) is 2.33. The zero-order chi connectivity index (χ0) is 10.4.